The molecule has 0 bridgehead atoms. The van der Waals surface area contributed by atoms with E-state index in [-0.39, 0.29) is 5.91 Å². The Bertz CT molecular complexity index is 910. The molecular formula is C18H19N3O4S2. The molecular weight excluding hydrogens is 386 g/mol. The predicted molar refractivity (Wildman–Crippen MR) is 106 cm³/mol. The predicted octanol–water partition coefficient (Wildman–Crippen LogP) is 3.43. The Morgan fingerprint density at radius 2 is 1.89 bits per heavy atom. The number of amides is 3. The molecule has 0 unspecified atom stereocenters. The third-order valence-electron chi connectivity index (χ3n) is 3.48. The highest BCUT2D eigenvalue weighted by molar-refractivity contribution is 8.03. The molecule has 2 aromatic rings. The van der Waals surface area contributed by atoms with E-state index in [0.717, 1.165) is 10.2 Å². The monoisotopic (exact) mass is 405 g/mol. The van der Waals surface area contributed by atoms with Crippen molar-refractivity contribution in [2.75, 3.05) is 5.75 Å². The summed E-state index contributed by atoms with van der Waals surface area (Å²) >= 11 is 2.65. The molecule has 0 spiro atoms. The van der Waals surface area contributed by atoms with Gasteiger partial charge in [0.15, 0.2) is 5.01 Å². The number of para-hydroxylation sites is 1. The summed E-state index contributed by atoms with van der Waals surface area (Å²) in [5, 5.41) is 5.72. The third-order valence-corrected chi connectivity index (χ3v) is 5.56. The van der Waals surface area contributed by atoms with E-state index in [1.165, 1.54) is 23.1 Å². The number of benzene rings is 1. The van der Waals surface area contributed by atoms with Crippen LogP contribution >= 0.6 is 23.1 Å². The Morgan fingerprint density at radius 1 is 1.15 bits per heavy atom. The Labute approximate surface area is 164 Å². The van der Waals surface area contributed by atoms with Gasteiger partial charge in [0.25, 0.3) is 11.8 Å². The van der Waals surface area contributed by atoms with Gasteiger partial charge in [0.1, 0.15) is 5.60 Å². The minimum Gasteiger partial charge on any atom is -0.444 e. The molecule has 0 saturated carbocycles. The molecule has 0 fully saturated rings. The van der Waals surface area contributed by atoms with Crippen molar-refractivity contribution in [1.29, 1.82) is 0 Å². The molecule has 1 aromatic heterocycles. The van der Waals surface area contributed by atoms with Crippen LogP contribution in [0.4, 0.5) is 4.79 Å². The smallest absolute Gasteiger partial charge is 0.414 e. The minimum atomic E-state index is -0.811. The van der Waals surface area contributed by atoms with Crippen LogP contribution in [0.2, 0.25) is 0 Å². The lowest BCUT2D eigenvalue weighted by Gasteiger charge is -2.19. The topological polar surface area (TPSA) is 97.4 Å². The maximum absolute atomic E-state index is 12.5. The van der Waals surface area contributed by atoms with Crippen molar-refractivity contribution in [2.24, 2.45) is 0 Å². The third kappa shape index (κ3) is 4.86. The van der Waals surface area contributed by atoms with Gasteiger partial charge in [-0.25, -0.2) is 9.78 Å². The lowest BCUT2D eigenvalue weighted by Crippen LogP contribution is -2.37. The molecule has 7 nitrogen and oxygen atoms in total. The summed E-state index contributed by atoms with van der Waals surface area (Å²) in [5.74, 6) is -0.288. The number of hydrogen-bond acceptors (Lipinski definition) is 7. The van der Waals surface area contributed by atoms with Crippen LogP contribution in [0.3, 0.4) is 0 Å². The highest BCUT2D eigenvalue weighted by Gasteiger charge is 2.27. The number of fused-ring (bicyclic) bond motifs is 1. The van der Waals surface area contributed by atoms with Gasteiger partial charge < -0.3 is 10.1 Å². The second-order valence-corrected chi connectivity index (χ2v) is 8.94. The zero-order chi connectivity index (χ0) is 19.6. The van der Waals surface area contributed by atoms with Gasteiger partial charge >= 0.3 is 6.09 Å². The molecule has 0 atom stereocenters. The van der Waals surface area contributed by atoms with Crippen molar-refractivity contribution in [2.45, 2.75) is 32.8 Å². The zero-order valence-electron chi connectivity index (χ0n) is 15.1. The van der Waals surface area contributed by atoms with Crippen LogP contribution in [-0.4, -0.2) is 34.2 Å². The number of aromatic nitrogens is 1. The van der Waals surface area contributed by atoms with E-state index < -0.39 is 17.6 Å². The summed E-state index contributed by atoms with van der Waals surface area (Å²) < 4.78 is 6.01. The van der Waals surface area contributed by atoms with Gasteiger partial charge in [-0.05, 0) is 39.3 Å². The number of carbonyl (C=O) groups is 3. The van der Waals surface area contributed by atoms with Crippen molar-refractivity contribution in [3.8, 4) is 0 Å². The van der Waals surface area contributed by atoms with Crippen molar-refractivity contribution < 1.29 is 19.1 Å². The first-order chi connectivity index (χ1) is 12.7. The van der Waals surface area contributed by atoms with Crippen molar-refractivity contribution in [3.63, 3.8) is 0 Å². The van der Waals surface area contributed by atoms with Gasteiger partial charge in [0.05, 0.1) is 15.2 Å². The van der Waals surface area contributed by atoms with Crippen molar-refractivity contribution >= 4 is 51.2 Å². The summed E-state index contributed by atoms with van der Waals surface area (Å²) in [6, 6.07) is 7.48. The van der Waals surface area contributed by atoms with Crippen LogP contribution in [0, 0.1) is 0 Å². The molecule has 0 radical (unpaired) electrons. The second-order valence-electron chi connectivity index (χ2n) is 6.80. The van der Waals surface area contributed by atoms with E-state index in [0.29, 0.717) is 27.8 Å². The van der Waals surface area contributed by atoms with E-state index in [9.17, 15) is 14.4 Å². The van der Waals surface area contributed by atoms with E-state index in [4.69, 9.17) is 4.74 Å². The average Bonchev–Trinajstić information content (AvgIpc) is 3.18. The number of carbonyl (C=O) groups excluding carboxylic acids is 3. The summed E-state index contributed by atoms with van der Waals surface area (Å²) in [4.78, 5) is 41.0. The van der Waals surface area contributed by atoms with Gasteiger partial charge in [0.2, 0.25) is 0 Å². The summed E-state index contributed by atoms with van der Waals surface area (Å²) in [6.45, 7) is 5.14. The fourth-order valence-electron chi connectivity index (χ4n) is 2.38. The van der Waals surface area contributed by atoms with Crippen LogP contribution in [0.5, 0.6) is 0 Å². The number of thiazole rings is 1. The Balaban J connectivity index is 1.71. The number of nitrogens with zero attached hydrogens (tertiary/aromatic N) is 1. The minimum absolute atomic E-state index is 0.322. The molecule has 27 heavy (non-hydrogen) atoms. The van der Waals surface area contributed by atoms with Crippen LogP contribution in [-0.2, 0) is 9.53 Å². The summed E-state index contributed by atoms with van der Waals surface area (Å²) in [6.07, 6.45) is -0.358. The van der Waals surface area contributed by atoms with Gasteiger partial charge in [-0.1, -0.05) is 12.1 Å². The molecule has 1 aliphatic heterocycles. The normalized spacial score (nSPS) is 14.3. The average molecular weight is 406 g/mol. The van der Waals surface area contributed by atoms with Gasteiger partial charge in [-0.3, -0.25) is 14.9 Å². The van der Waals surface area contributed by atoms with Crippen molar-refractivity contribution in [3.05, 3.63) is 39.9 Å². The molecule has 3 amide bonds. The first-order valence-corrected chi connectivity index (χ1v) is 10.1. The first kappa shape index (κ1) is 19.4. The zero-order valence-corrected chi connectivity index (χ0v) is 16.8. The number of hydrogen-bond donors (Lipinski definition) is 2. The van der Waals surface area contributed by atoms with Crippen LogP contribution in [0.15, 0.2) is 34.9 Å². The largest absolute Gasteiger partial charge is 0.444 e. The van der Waals surface area contributed by atoms with Gasteiger partial charge in [-0.15, -0.1) is 23.1 Å². The maximum Gasteiger partial charge on any atom is 0.414 e. The number of imide groups is 1. The number of alkyl carbamates (subject to hydrolysis) is 1. The SMILES string of the molecule is CC(C)(C)OC(=O)NC(=O)C1=C(NC(=O)c2nc3ccccc3s2)SCC1. The molecule has 0 saturated heterocycles. The number of thioether (sulfide) groups is 1. The molecule has 2 N–H and O–H groups in total. The van der Waals surface area contributed by atoms with E-state index >= 15 is 0 Å². The van der Waals surface area contributed by atoms with Crippen LogP contribution < -0.4 is 10.6 Å². The molecule has 1 aromatic carbocycles. The second kappa shape index (κ2) is 7.69. The number of nitrogens with one attached hydrogen (secondary N) is 2. The Hall–Kier alpha value is -2.39. The Kier molecular flexibility index (Phi) is 5.52. The fraction of sp³-hybridized carbons (Fsp3) is 0.333. The Morgan fingerprint density at radius 3 is 2.59 bits per heavy atom. The standard InChI is InChI=1S/C18H19N3O4S2/c1-18(2,3)25-17(24)21-13(22)10-8-9-26-15(10)20-14(23)16-19-11-6-4-5-7-12(11)27-16/h4-7H,8-9H2,1-3H3,(H,20,23)(H,21,22,24). The lowest BCUT2D eigenvalue weighted by molar-refractivity contribution is -0.117. The van der Waals surface area contributed by atoms with Crippen molar-refractivity contribution in [1.82, 2.24) is 15.6 Å². The molecule has 3 rings (SSSR count). The van der Waals surface area contributed by atoms with E-state index in [1.54, 1.807) is 20.8 Å². The summed E-state index contributed by atoms with van der Waals surface area (Å²) in [5.41, 5.74) is 0.413. The van der Waals surface area contributed by atoms with Crippen LogP contribution in [0.1, 0.15) is 37.0 Å². The molecule has 142 valence electrons. The quantitative estimate of drug-likeness (QED) is 0.812. The molecule has 1 aliphatic rings. The molecule has 0 aliphatic carbocycles. The van der Waals surface area contributed by atoms with Gasteiger partial charge in [-0.2, -0.15) is 0 Å². The molecule has 9 heteroatoms. The highest BCUT2D eigenvalue weighted by Crippen LogP contribution is 2.30. The number of rotatable bonds is 3. The first-order valence-electron chi connectivity index (χ1n) is 8.30. The fourth-order valence-corrected chi connectivity index (χ4v) is 4.29. The van der Waals surface area contributed by atoms with E-state index in [2.05, 4.69) is 15.6 Å². The maximum atomic E-state index is 12.5. The summed E-state index contributed by atoms with van der Waals surface area (Å²) in [7, 11) is 0. The lowest BCUT2D eigenvalue weighted by atomic mass is 10.2. The number of ether oxygens (including phenoxy) is 1. The van der Waals surface area contributed by atoms with Gasteiger partial charge in [0, 0.05) is 11.3 Å². The van der Waals surface area contributed by atoms with Crippen LogP contribution in [0.25, 0.3) is 10.2 Å². The molecule has 2 heterocycles. The highest BCUT2D eigenvalue weighted by atomic mass is 32.2. The van der Waals surface area contributed by atoms with E-state index in [1.807, 2.05) is 24.3 Å².